The maximum Gasteiger partial charge on any atom is 0.228 e. The molecule has 1 rings (SSSR count). The molecule has 158 valence electrons. The molecule has 28 heavy (non-hydrogen) atoms. The molecule has 0 fully saturated rings. The van der Waals surface area contributed by atoms with Crippen LogP contribution in [0.3, 0.4) is 0 Å². The van der Waals surface area contributed by atoms with E-state index in [9.17, 15) is 9.59 Å². The summed E-state index contributed by atoms with van der Waals surface area (Å²) < 4.78 is 0. The lowest BCUT2D eigenvalue weighted by atomic mass is 10.2. The highest BCUT2D eigenvalue weighted by Gasteiger charge is 2.22. The Balaban J connectivity index is 2.82. The number of amides is 2. The first-order valence-electron chi connectivity index (χ1n) is 10.2. The standard InChI is InChI=1S/C22H38N2O2P2/c1-15(2)27(16(3)4)13-21(25)23-19-11-9-10-12-20(19)24-22(26)14-28(17(5)6)18(7)8/h9-12,15-18H,13-14H2,1-8H3,(H,23,25)(H,24,26). The van der Waals surface area contributed by atoms with Crippen LogP contribution in [0, 0.1) is 0 Å². The lowest BCUT2D eigenvalue weighted by molar-refractivity contribution is -0.114. The van der Waals surface area contributed by atoms with Gasteiger partial charge in [0.25, 0.3) is 0 Å². The highest BCUT2D eigenvalue weighted by molar-refractivity contribution is 7.60. The molecule has 0 saturated carbocycles. The van der Waals surface area contributed by atoms with Crippen molar-refractivity contribution in [1.82, 2.24) is 0 Å². The fourth-order valence-corrected chi connectivity index (χ4v) is 8.00. The minimum absolute atomic E-state index is 0.0295. The van der Waals surface area contributed by atoms with Crippen LogP contribution in [-0.4, -0.2) is 46.8 Å². The summed E-state index contributed by atoms with van der Waals surface area (Å²) in [5.74, 6) is 0.0589. The topological polar surface area (TPSA) is 58.2 Å². The molecule has 0 spiro atoms. The van der Waals surface area contributed by atoms with Crippen LogP contribution >= 0.6 is 15.8 Å². The van der Waals surface area contributed by atoms with Crippen LogP contribution in [0.15, 0.2) is 24.3 Å². The van der Waals surface area contributed by atoms with Gasteiger partial charge in [0, 0.05) is 12.3 Å². The summed E-state index contributed by atoms with van der Waals surface area (Å²) in [5, 5.41) is 6.05. The molecule has 0 aromatic heterocycles. The summed E-state index contributed by atoms with van der Waals surface area (Å²) in [7, 11) is -0.728. The average Bonchev–Trinajstić information content (AvgIpc) is 2.58. The summed E-state index contributed by atoms with van der Waals surface area (Å²) in [4.78, 5) is 25.2. The van der Waals surface area contributed by atoms with Gasteiger partial charge < -0.3 is 10.6 Å². The number of rotatable bonds is 10. The van der Waals surface area contributed by atoms with Gasteiger partial charge in [0.1, 0.15) is 0 Å². The Hall–Kier alpha value is -0.980. The predicted molar refractivity (Wildman–Crippen MR) is 128 cm³/mol. The first-order valence-corrected chi connectivity index (χ1v) is 13.6. The lowest BCUT2D eigenvalue weighted by Gasteiger charge is -2.26. The van der Waals surface area contributed by atoms with E-state index in [1.807, 2.05) is 24.3 Å². The number of anilines is 2. The molecule has 6 heteroatoms. The van der Waals surface area contributed by atoms with Gasteiger partial charge in [-0.2, -0.15) is 0 Å². The minimum atomic E-state index is -0.364. The molecule has 2 amide bonds. The highest BCUT2D eigenvalue weighted by atomic mass is 31.1. The van der Waals surface area contributed by atoms with E-state index in [1.165, 1.54) is 0 Å². The Kier molecular flexibility index (Phi) is 10.6. The zero-order chi connectivity index (χ0) is 21.4. The number of carbonyl (C=O) groups is 2. The van der Waals surface area contributed by atoms with E-state index in [0.29, 0.717) is 46.3 Å². The van der Waals surface area contributed by atoms with Crippen molar-refractivity contribution in [3.05, 3.63) is 24.3 Å². The van der Waals surface area contributed by atoms with Crippen molar-refractivity contribution in [2.75, 3.05) is 23.0 Å². The second-order valence-corrected chi connectivity index (χ2v) is 15.2. The van der Waals surface area contributed by atoms with Gasteiger partial charge in [-0.1, -0.05) is 83.4 Å². The molecular formula is C22H38N2O2P2. The molecule has 0 bridgehead atoms. The van der Waals surface area contributed by atoms with E-state index < -0.39 is 0 Å². The lowest BCUT2D eigenvalue weighted by Crippen LogP contribution is -2.23. The second kappa shape index (κ2) is 11.9. The summed E-state index contributed by atoms with van der Waals surface area (Å²) in [6.07, 6.45) is 1.11. The SMILES string of the molecule is CC(C)P(CC(=O)Nc1ccccc1NC(=O)CP(C(C)C)C(C)C)C(C)C. The second-order valence-electron chi connectivity index (χ2n) is 8.36. The molecule has 2 N–H and O–H groups in total. The third kappa shape index (κ3) is 8.18. The molecule has 0 saturated heterocycles. The van der Waals surface area contributed by atoms with Crippen molar-refractivity contribution in [1.29, 1.82) is 0 Å². The van der Waals surface area contributed by atoms with Crippen molar-refractivity contribution in [2.24, 2.45) is 0 Å². The highest BCUT2D eigenvalue weighted by Crippen LogP contribution is 2.46. The molecule has 0 aliphatic carbocycles. The van der Waals surface area contributed by atoms with E-state index in [2.05, 4.69) is 66.0 Å². The van der Waals surface area contributed by atoms with Crippen LogP contribution in [0.2, 0.25) is 0 Å². The molecule has 0 radical (unpaired) electrons. The Morgan fingerprint density at radius 3 is 1.21 bits per heavy atom. The number of nitrogens with one attached hydrogen (secondary N) is 2. The zero-order valence-corrected chi connectivity index (χ0v) is 20.5. The summed E-state index contributed by atoms with van der Waals surface area (Å²) in [6.45, 7) is 17.5. The van der Waals surface area contributed by atoms with E-state index in [1.54, 1.807) is 0 Å². The van der Waals surface area contributed by atoms with E-state index >= 15 is 0 Å². The molecule has 4 nitrogen and oxygen atoms in total. The van der Waals surface area contributed by atoms with E-state index in [0.717, 1.165) is 0 Å². The summed E-state index contributed by atoms with van der Waals surface area (Å²) in [5.41, 5.74) is 3.43. The zero-order valence-electron chi connectivity index (χ0n) is 18.7. The third-order valence-corrected chi connectivity index (χ3v) is 11.4. The van der Waals surface area contributed by atoms with Gasteiger partial charge >= 0.3 is 0 Å². The van der Waals surface area contributed by atoms with E-state index in [-0.39, 0.29) is 27.7 Å². The molecule has 0 atom stereocenters. The van der Waals surface area contributed by atoms with Gasteiger partial charge in [-0.15, -0.1) is 0 Å². The first-order chi connectivity index (χ1) is 13.0. The van der Waals surface area contributed by atoms with Crippen molar-refractivity contribution < 1.29 is 9.59 Å². The average molecular weight is 425 g/mol. The third-order valence-electron chi connectivity index (χ3n) is 4.78. The van der Waals surface area contributed by atoms with Crippen molar-refractivity contribution in [2.45, 2.75) is 78.0 Å². The number of hydrogen-bond acceptors (Lipinski definition) is 2. The molecular weight excluding hydrogens is 386 g/mol. The molecule has 0 unspecified atom stereocenters. The Bertz CT molecular complexity index is 574. The van der Waals surface area contributed by atoms with Gasteiger partial charge in [-0.3, -0.25) is 9.59 Å². The largest absolute Gasteiger partial charge is 0.324 e. The summed E-state index contributed by atoms with van der Waals surface area (Å²) in [6, 6.07) is 7.48. The van der Waals surface area contributed by atoms with Crippen LogP contribution in [0.5, 0.6) is 0 Å². The fourth-order valence-electron chi connectivity index (χ4n) is 3.34. The van der Waals surface area contributed by atoms with Crippen LogP contribution in [0.25, 0.3) is 0 Å². The van der Waals surface area contributed by atoms with Gasteiger partial charge in [0.15, 0.2) is 0 Å². The summed E-state index contributed by atoms with van der Waals surface area (Å²) >= 11 is 0. The van der Waals surface area contributed by atoms with Gasteiger partial charge in [-0.25, -0.2) is 0 Å². The number of para-hydroxylation sites is 2. The minimum Gasteiger partial charge on any atom is -0.324 e. The Morgan fingerprint density at radius 1 is 0.679 bits per heavy atom. The molecule has 0 aliphatic heterocycles. The van der Waals surface area contributed by atoms with Crippen molar-refractivity contribution >= 4 is 39.0 Å². The van der Waals surface area contributed by atoms with E-state index in [4.69, 9.17) is 0 Å². The molecule has 1 aromatic rings. The quantitative estimate of drug-likeness (QED) is 0.442. The van der Waals surface area contributed by atoms with Crippen LogP contribution < -0.4 is 10.6 Å². The van der Waals surface area contributed by atoms with Crippen LogP contribution in [0.1, 0.15) is 55.4 Å². The van der Waals surface area contributed by atoms with Crippen molar-refractivity contribution in [3.63, 3.8) is 0 Å². The van der Waals surface area contributed by atoms with Gasteiger partial charge in [0.2, 0.25) is 11.8 Å². The number of benzene rings is 1. The Morgan fingerprint density at radius 2 is 0.964 bits per heavy atom. The van der Waals surface area contributed by atoms with Crippen molar-refractivity contribution in [3.8, 4) is 0 Å². The Labute approximate surface area is 174 Å². The smallest absolute Gasteiger partial charge is 0.228 e. The van der Waals surface area contributed by atoms with Crippen LogP contribution in [-0.2, 0) is 9.59 Å². The fraction of sp³-hybridized carbons (Fsp3) is 0.636. The monoisotopic (exact) mass is 424 g/mol. The number of carbonyl (C=O) groups excluding carboxylic acids is 2. The van der Waals surface area contributed by atoms with Crippen LogP contribution in [0.4, 0.5) is 11.4 Å². The first kappa shape index (κ1) is 25.1. The molecule has 0 aliphatic rings. The normalized spacial score (nSPS) is 11.9. The molecule has 1 aromatic carbocycles. The maximum atomic E-state index is 12.6. The molecule has 0 heterocycles. The number of hydrogen-bond donors (Lipinski definition) is 2. The van der Waals surface area contributed by atoms with Gasteiger partial charge in [0.05, 0.1) is 11.4 Å². The van der Waals surface area contributed by atoms with Gasteiger partial charge in [-0.05, 0) is 34.8 Å². The maximum absolute atomic E-state index is 12.6. The predicted octanol–water partition coefficient (Wildman–Crippen LogP) is 6.16.